The summed E-state index contributed by atoms with van der Waals surface area (Å²) in [6, 6.07) is 4.39. The van der Waals surface area contributed by atoms with Gasteiger partial charge in [0.15, 0.2) is 0 Å². The molecule has 0 saturated carbocycles. The number of rotatable bonds is 3. The molecule has 20 heavy (non-hydrogen) atoms. The number of fused-ring (bicyclic) bond motifs is 1. The van der Waals surface area contributed by atoms with E-state index >= 15 is 0 Å². The number of esters is 1. The molecule has 2 rings (SSSR count). The van der Waals surface area contributed by atoms with E-state index in [-0.39, 0.29) is 23.6 Å². The van der Waals surface area contributed by atoms with Crippen molar-refractivity contribution in [3.05, 3.63) is 23.8 Å². The molecule has 110 valence electrons. The molecule has 1 heterocycles. The third-order valence-corrected chi connectivity index (χ3v) is 3.86. The minimum absolute atomic E-state index is 0.0118. The van der Waals surface area contributed by atoms with Crippen LogP contribution in [0.3, 0.4) is 0 Å². The fourth-order valence-electron chi connectivity index (χ4n) is 2.03. The highest BCUT2D eigenvalue weighted by Crippen LogP contribution is 2.29. The number of nitrogens with two attached hydrogens (primary N) is 1. The summed E-state index contributed by atoms with van der Waals surface area (Å²) in [6.07, 6.45) is 0.184. The van der Waals surface area contributed by atoms with E-state index in [4.69, 9.17) is 14.6 Å². The average molecular weight is 299 g/mol. The summed E-state index contributed by atoms with van der Waals surface area (Å²) in [4.78, 5) is 11.9. The molecule has 0 bridgehead atoms. The van der Waals surface area contributed by atoms with Gasteiger partial charge in [0.25, 0.3) is 0 Å². The van der Waals surface area contributed by atoms with E-state index in [1.54, 1.807) is 19.9 Å². The van der Waals surface area contributed by atoms with E-state index in [2.05, 4.69) is 0 Å². The van der Waals surface area contributed by atoms with E-state index < -0.39 is 15.9 Å². The van der Waals surface area contributed by atoms with Crippen molar-refractivity contribution in [3.63, 3.8) is 0 Å². The van der Waals surface area contributed by atoms with Crippen molar-refractivity contribution in [2.24, 2.45) is 11.1 Å². The Morgan fingerprint density at radius 1 is 1.45 bits per heavy atom. The molecular formula is C13H17NO5S. The Bertz CT molecular complexity index is 624. The third-order valence-electron chi connectivity index (χ3n) is 2.95. The Kier molecular flexibility index (Phi) is 4.01. The van der Waals surface area contributed by atoms with Gasteiger partial charge in [-0.05, 0) is 44.0 Å². The Labute approximate surface area is 117 Å². The lowest BCUT2D eigenvalue weighted by Gasteiger charge is -2.25. The van der Waals surface area contributed by atoms with E-state index in [1.165, 1.54) is 12.1 Å². The van der Waals surface area contributed by atoms with Crippen LogP contribution in [-0.2, 0) is 26.0 Å². The minimum atomic E-state index is -3.76. The third kappa shape index (κ3) is 3.29. The van der Waals surface area contributed by atoms with E-state index in [1.807, 2.05) is 0 Å². The number of sulfonamides is 1. The first-order valence-corrected chi connectivity index (χ1v) is 7.81. The van der Waals surface area contributed by atoms with E-state index in [0.717, 1.165) is 0 Å². The molecule has 1 aromatic rings. The number of hydrogen-bond donors (Lipinski definition) is 1. The van der Waals surface area contributed by atoms with Crippen LogP contribution in [0.1, 0.15) is 19.4 Å². The van der Waals surface area contributed by atoms with E-state index in [0.29, 0.717) is 17.7 Å². The lowest BCUT2D eigenvalue weighted by atomic mass is 9.97. The monoisotopic (exact) mass is 299 g/mol. The highest BCUT2D eigenvalue weighted by molar-refractivity contribution is 7.89. The summed E-state index contributed by atoms with van der Waals surface area (Å²) in [5.41, 5.74) is 0.647. The smallest absolute Gasteiger partial charge is 0.313 e. The summed E-state index contributed by atoms with van der Waals surface area (Å²) in [5.74, 6) is -0.196. The quantitative estimate of drug-likeness (QED) is 0.834. The zero-order chi connectivity index (χ0) is 14.9. The first kappa shape index (κ1) is 14.8. The van der Waals surface area contributed by atoms with Crippen molar-refractivity contribution in [3.8, 4) is 5.75 Å². The molecule has 6 nitrogen and oxygen atoms in total. The van der Waals surface area contributed by atoms with Crippen molar-refractivity contribution in [2.45, 2.75) is 31.3 Å². The molecule has 1 aromatic carbocycles. The summed E-state index contributed by atoms with van der Waals surface area (Å²) in [5, 5.41) is 5.09. The topological polar surface area (TPSA) is 95.7 Å². The predicted molar refractivity (Wildman–Crippen MR) is 71.7 cm³/mol. The Hall–Kier alpha value is -1.60. The molecule has 0 amide bonds. The van der Waals surface area contributed by atoms with Crippen LogP contribution in [0.15, 0.2) is 23.1 Å². The number of ether oxygens (including phenoxy) is 2. The maximum Gasteiger partial charge on any atom is 0.313 e. The molecule has 1 unspecified atom stereocenters. The Balaban J connectivity index is 2.22. The fourth-order valence-corrected chi connectivity index (χ4v) is 2.59. The predicted octanol–water partition coefficient (Wildman–Crippen LogP) is 0.837. The van der Waals surface area contributed by atoms with Gasteiger partial charge in [0.05, 0.1) is 16.9 Å². The van der Waals surface area contributed by atoms with Crippen LogP contribution in [0.4, 0.5) is 0 Å². The van der Waals surface area contributed by atoms with Gasteiger partial charge < -0.3 is 9.47 Å². The molecule has 0 spiro atoms. The van der Waals surface area contributed by atoms with Gasteiger partial charge in [-0.25, -0.2) is 13.6 Å². The summed E-state index contributed by atoms with van der Waals surface area (Å²) in [6.45, 7) is 3.77. The zero-order valence-corrected chi connectivity index (χ0v) is 12.1. The van der Waals surface area contributed by atoms with Gasteiger partial charge in [-0.15, -0.1) is 0 Å². The Morgan fingerprint density at radius 2 is 2.15 bits per heavy atom. The van der Waals surface area contributed by atoms with Crippen molar-refractivity contribution in [1.82, 2.24) is 0 Å². The summed E-state index contributed by atoms with van der Waals surface area (Å²) >= 11 is 0. The van der Waals surface area contributed by atoms with Gasteiger partial charge in [-0.2, -0.15) is 0 Å². The lowest BCUT2D eigenvalue weighted by molar-refractivity contribution is -0.153. The second-order valence-electron chi connectivity index (χ2n) is 5.01. The molecule has 1 aliphatic rings. The maximum atomic E-state index is 11.9. The average Bonchev–Trinajstić information content (AvgIpc) is 2.35. The zero-order valence-electron chi connectivity index (χ0n) is 11.3. The fraction of sp³-hybridized carbons (Fsp3) is 0.462. The van der Waals surface area contributed by atoms with Crippen LogP contribution in [0.25, 0.3) is 0 Å². The van der Waals surface area contributed by atoms with Gasteiger partial charge in [-0.3, -0.25) is 4.79 Å². The molecule has 0 aliphatic carbocycles. The second-order valence-corrected chi connectivity index (χ2v) is 6.57. The highest BCUT2D eigenvalue weighted by Gasteiger charge is 2.28. The highest BCUT2D eigenvalue weighted by atomic mass is 32.2. The SMILES string of the molecule is CC(C)OC(=O)C1COc2ccc(S(N)(=O)=O)cc2C1. The summed E-state index contributed by atoms with van der Waals surface area (Å²) < 4.78 is 33.3. The molecule has 0 saturated heterocycles. The molecule has 0 aromatic heterocycles. The van der Waals surface area contributed by atoms with Crippen molar-refractivity contribution >= 4 is 16.0 Å². The molecule has 2 N–H and O–H groups in total. The van der Waals surface area contributed by atoms with Crippen LogP contribution < -0.4 is 9.88 Å². The van der Waals surface area contributed by atoms with Crippen LogP contribution in [0.2, 0.25) is 0 Å². The number of carbonyl (C=O) groups excluding carboxylic acids is 1. The molecule has 1 atom stereocenters. The van der Waals surface area contributed by atoms with Crippen LogP contribution in [-0.4, -0.2) is 27.1 Å². The first-order chi connectivity index (χ1) is 9.27. The van der Waals surface area contributed by atoms with Gasteiger partial charge in [0, 0.05) is 0 Å². The minimum Gasteiger partial charge on any atom is -0.492 e. The van der Waals surface area contributed by atoms with Gasteiger partial charge in [0.2, 0.25) is 10.0 Å². The molecule has 0 radical (unpaired) electrons. The van der Waals surface area contributed by atoms with Crippen molar-refractivity contribution in [2.75, 3.05) is 6.61 Å². The maximum absolute atomic E-state index is 11.9. The lowest BCUT2D eigenvalue weighted by Crippen LogP contribution is -2.31. The molecule has 1 aliphatic heterocycles. The normalized spacial score (nSPS) is 18.3. The van der Waals surface area contributed by atoms with E-state index in [9.17, 15) is 13.2 Å². The first-order valence-electron chi connectivity index (χ1n) is 6.26. The molecular weight excluding hydrogens is 282 g/mol. The largest absolute Gasteiger partial charge is 0.492 e. The summed E-state index contributed by atoms with van der Waals surface area (Å²) in [7, 11) is -3.76. The number of primary sulfonamides is 1. The van der Waals surface area contributed by atoms with Crippen molar-refractivity contribution in [1.29, 1.82) is 0 Å². The van der Waals surface area contributed by atoms with Crippen LogP contribution in [0, 0.1) is 5.92 Å². The van der Waals surface area contributed by atoms with Crippen LogP contribution in [0.5, 0.6) is 5.75 Å². The standard InChI is InChI=1S/C13H17NO5S/c1-8(2)19-13(15)10-5-9-6-11(20(14,16)17)3-4-12(9)18-7-10/h3-4,6,8,10H,5,7H2,1-2H3,(H2,14,16,17). The van der Waals surface area contributed by atoms with Crippen molar-refractivity contribution < 1.29 is 22.7 Å². The van der Waals surface area contributed by atoms with Gasteiger partial charge in [-0.1, -0.05) is 0 Å². The number of hydrogen-bond acceptors (Lipinski definition) is 5. The van der Waals surface area contributed by atoms with Gasteiger partial charge >= 0.3 is 5.97 Å². The Morgan fingerprint density at radius 3 is 2.75 bits per heavy atom. The number of carbonyl (C=O) groups is 1. The van der Waals surface area contributed by atoms with Gasteiger partial charge in [0.1, 0.15) is 12.4 Å². The molecule has 0 fully saturated rings. The second kappa shape index (κ2) is 5.41. The van der Waals surface area contributed by atoms with Crippen LogP contribution >= 0.6 is 0 Å². The molecule has 7 heteroatoms. The number of benzene rings is 1.